The van der Waals surface area contributed by atoms with Gasteiger partial charge in [-0.25, -0.2) is 4.79 Å². The number of carboxylic acid groups (broad SMARTS) is 1. The molecule has 0 unspecified atom stereocenters. The van der Waals surface area contributed by atoms with Crippen molar-refractivity contribution in [3.8, 4) is 11.1 Å². The zero-order valence-corrected chi connectivity index (χ0v) is 19.0. The largest absolute Gasteiger partial charge is 0.481 e. The average molecular weight is 451 g/mol. The van der Waals surface area contributed by atoms with Gasteiger partial charge < -0.3 is 20.5 Å². The van der Waals surface area contributed by atoms with Crippen LogP contribution in [-0.2, 0) is 14.3 Å². The van der Waals surface area contributed by atoms with Gasteiger partial charge in [-0.2, -0.15) is 0 Å². The van der Waals surface area contributed by atoms with E-state index in [1.165, 1.54) is 11.1 Å². The summed E-state index contributed by atoms with van der Waals surface area (Å²) in [6.45, 7) is 4.27. The first kappa shape index (κ1) is 22.8. The van der Waals surface area contributed by atoms with E-state index in [-0.39, 0.29) is 36.7 Å². The van der Waals surface area contributed by atoms with Crippen LogP contribution in [0.1, 0.15) is 50.2 Å². The van der Waals surface area contributed by atoms with Gasteiger partial charge in [0.15, 0.2) is 0 Å². The minimum Gasteiger partial charge on any atom is -0.481 e. The Morgan fingerprint density at radius 1 is 1.03 bits per heavy atom. The van der Waals surface area contributed by atoms with Crippen LogP contribution in [-0.4, -0.2) is 41.8 Å². The van der Waals surface area contributed by atoms with Crippen LogP contribution in [0.4, 0.5) is 4.79 Å². The summed E-state index contributed by atoms with van der Waals surface area (Å²) in [5.74, 6) is -1.06. The second kappa shape index (κ2) is 9.25. The molecule has 0 aromatic heterocycles. The molecule has 3 N–H and O–H groups in total. The molecule has 33 heavy (non-hydrogen) atoms. The minimum atomic E-state index is -0.881. The topological polar surface area (TPSA) is 105 Å². The van der Waals surface area contributed by atoms with E-state index < -0.39 is 17.6 Å². The van der Waals surface area contributed by atoms with Gasteiger partial charge in [0.1, 0.15) is 6.61 Å². The predicted octanol–water partition coefficient (Wildman–Crippen LogP) is 3.92. The smallest absolute Gasteiger partial charge is 0.407 e. The molecule has 0 bridgehead atoms. The number of amides is 2. The third-order valence-corrected chi connectivity index (χ3v) is 6.54. The Hall–Kier alpha value is -3.35. The molecule has 1 fully saturated rings. The van der Waals surface area contributed by atoms with Crippen molar-refractivity contribution in [2.45, 2.75) is 44.6 Å². The normalized spacial score (nSPS) is 18.7. The SMILES string of the molecule is CC(C)(CCC(=O)O)NC(=O)[C@@H]1C[C@@H]1CNC(=O)OCC1c2ccccc2-c2ccccc21. The van der Waals surface area contributed by atoms with Crippen molar-refractivity contribution in [2.24, 2.45) is 11.8 Å². The van der Waals surface area contributed by atoms with Crippen LogP contribution < -0.4 is 10.6 Å². The predicted molar refractivity (Wildman–Crippen MR) is 124 cm³/mol. The van der Waals surface area contributed by atoms with Gasteiger partial charge in [-0.15, -0.1) is 0 Å². The van der Waals surface area contributed by atoms with Crippen molar-refractivity contribution in [3.63, 3.8) is 0 Å². The van der Waals surface area contributed by atoms with Crippen molar-refractivity contribution in [1.82, 2.24) is 10.6 Å². The van der Waals surface area contributed by atoms with Gasteiger partial charge in [-0.3, -0.25) is 9.59 Å². The first-order valence-electron chi connectivity index (χ1n) is 11.4. The zero-order chi connectivity index (χ0) is 23.6. The molecule has 0 saturated heterocycles. The van der Waals surface area contributed by atoms with Crippen LogP contribution in [0, 0.1) is 11.8 Å². The maximum atomic E-state index is 12.5. The molecule has 7 heteroatoms. The summed E-state index contributed by atoms with van der Waals surface area (Å²) < 4.78 is 5.54. The standard InChI is InChI=1S/C26H30N2O5/c1-26(2,12-11-23(29)30)28-24(31)21-13-16(21)14-27-25(32)33-15-22-19-9-5-3-7-17(19)18-8-4-6-10-20(18)22/h3-10,16,21-22H,11-15H2,1-2H3,(H,27,32)(H,28,31)(H,29,30)/t16-,21-/m1/s1. The Labute approximate surface area is 193 Å². The molecule has 2 aliphatic rings. The lowest BCUT2D eigenvalue weighted by molar-refractivity contribution is -0.138. The van der Waals surface area contributed by atoms with Crippen molar-refractivity contribution in [2.75, 3.05) is 13.2 Å². The van der Waals surface area contributed by atoms with Gasteiger partial charge in [0, 0.05) is 30.3 Å². The van der Waals surface area contributed by atoms with Crippen LogP contribution in [0.5, 0.6) is 0 Å². The molecule has 2 amide bonds. The number of hydrogen-bond donors (Lipinski definition) is 3. The van der Waals surface area contributed by atoms with E-state index in [1.54, 1.807) is 0 Å². The average Bonchev–Trinajstić information content (AvgIpc) is 3.50. The number of hydrogen-bond acceptors (Lipinski definition) is 4. The summed E-state index contributed by atoms with van der Waals surface area (Å²) in [7, 11) is 0. The Bertz CT molecular complexity index is 1020. The van der Waals surface area contributed by atoms with Crippen molar-refractivity contribution < 1.29 is 24.2 Å². The van der Waals surface area contributed by atoms with Gasteiger partial charge in [0.05, 0.1) is 0 Å². The van der Waals surface area contributed by atoms with E-state index in [0.29, 0.717) is 19.4 Å². The van der Waals surface area contributed by atoms with Crippen molar-refractivity contribution in [3.05, 3.63) is 59.7 Å². The lowest BCUT2D eigenvalue weighted by Crippen LogP contribution is -2.45. The Balaban J connectivity index is 1.23. The van der Waals surface area contributed by atoms with Gasteiger partial charge in [-0.1, -0.05) is 48.5 Å². The van der Waals surface area contributed by atoms with E-state index in [4.69, 9.17) is 9.84 Å². The maximum absolute atomic E-state index is 12.5. The molecule has 2 aromatic rings. The van der Waals surface area contributed by atoms with Crippen LogP contribution >= 0.6 is 0 Å². The Morgan fingerprint density at radius 2 is 1.64 bits per heavy atom. The fourth-order valence-corrected chi connectivity index (χ4v) is 4.57. The fourth-order valence-electron chi connectivity index (χ4n) is 4.57. The van der Waals surface area contributed by atoms with E-state index in [2.05, 4.69) is 34.9 Å². The molecular formula is C26H30N2O5. The van der Waals surface area contributed by atoms with Gasteiger partial charge in [0.25, 0.3) is 0 Å². The third kappa shape index (κ3) is 5.35. The summed E-state index contributed by atoms with van der Waals surface area (Å²) in [5.41, 5.74) is 4.11. The van der Waals surface area contributed by atoms with Gasteiger partial charge in [-0.05, 0) is 54.9 Å². The number of aliphatic carboxylic acids is 1. The molecule has 2 aliphatic carbocycles. The van der Waals surface area contributed by atoms with Crippen LogP contribution in [0.15, 0.2) is 48.5 Å². The minimum absolute atomic E-state index is 0.00468. The molecule has 2 aromatic carbocycles. The molecule has 7 nitrogen and oxygen atoms in total. The Morgan fingerprint density at radius 3 is 2.24 bits per heavy atom. The fraction of sp³-hybridized carbons (Fsp3) is 0.423. The number of ether oxygens (including phenoxy) is 1. The molecule has 1 saturated carbocycles. The second-order valence-corrected chi connectivity index (χ2v) is 9.58. The third-order valence-electron chi connectivity index (χ3n) is 6.54. The number of benzene rings is 2. The maximum Gasteiger partial charge on any atom is 0.407 e. The van der Waals surface area contributed by atoms with E-state index in [0.717, 1.165) is 11.1 Å². The first-order valence-corrected chi connectivity index (χ1v) is 11.4. The first-order chi connectivity index (χ1) is 15.7. The Kier molecular flexibility index (Phi) is 6.40. The quantitative estimate of drug-likeness (QED) is 0.537. The monoisotopic (exact) mass is 450 g/mol. The van der Waals surface area contributed by atoms with Gasteiger partial charge >= 0.3 is 12.1 Å². The van der Waals surface area contributed by atoms with Crippen molar-refractivity contribution >= 4 is 18.0 Å². The van der Waals surface area contributed by atoms with Crippen LogP contribution in [0.3, 0.4) is 0 Å². The summed E-state index contributed by atoms with van der Waals surface area (Å²) >= 11 is 0. The summed E-state index contributed by atoms with van der Waals surface area (Å²) in [6, 6.07) is 16.4. The summed E-state index contributed by atoms with van der Waals surface area (Å²) in [5, 5.41) is 14.6. The van der Waals surface area contributed by atoms with E-state index in [9.17, 15) is 14.4 Å². The van der Waals surface area contributed by atoms with Gasteiger partial charge in [0.2, 0.25) is 5.91 Å². The molecule has 0 aliphatic heterocycles. The van der Waals surface area contributed by atoms with E-state index >= 15 is 0 Å². The van der Waals surface area contributed by atoms with Crippen LogP contribution in [0.2, 0.25) is 0 Å². The lowest BCUT2D eigenvalue weighted by atomic mass is 9.98. The number of carboxylic acids is 1. The summed E-state index contributed by atoms with van der Waals surface area (Å²) in [4.78, 5) is 35.5. The van der Waals surface area contributed by atoms with E-state index in [1.807, 2.05) is 38.1 Å². The zero-order valence-electron chi connectivity index (χ0n) is 19.0. The number of alkyl carbamates (subject to hydrolysis) is 1. The molecule has 0 heterocycles. The number of nitrogens with one attached hydrogen (secondary N) is 2. The highest BCUT2D eigenvalue weighted by atomic mass is 16.5. The highest BCUT2D eigenvalue weighted by Crippen LogP contribution is 2.44. The second-order valence-electron chi connectivity index (χ2n) is 9.58. The highest BCUT2D eigenvalue weighted by molar-refractivity contribution is 5.82. The number of carbonyl (C=O) groups excluding carboxylic acids is 2. The number of fused-ring (bicyclic) bond motifs is 3. The molecule has 4 rings (SSSR count). The van der Waals surface area contributed by atoms with Crippen LogP contribution in [0.25, 0.3) is 11.1 Å². The summed E-state index contributed by atoms with van der Waals surface area (Å²) in [6.07, 6.45) is 0.586. The molecular weight excluding hydrogens is 420 g/mol. The van der Waals surface area contributed by atoms with Crippen molar-refractivity contribution in [1.29, 1.82) is 0 Å². The molecule has 0 spiro atoms. The molecule has 0 radical (unpaired) electrons. The molecule has 2 atom stereocenters. The lowest BCUT2D eigenvalue weighted by Gasteiger charge is -2.25. The number of carbonyl (C=O) groups is 3. The number of rotatable bonds is 9. The molecule has 174 valence electrons. The highest BCUT2D eigenvalue weighted by Gasteiger charge is 2.44.